The van der Waals surface area contributed by atoms with Crippen LogP contribution in [0.1, 0.15) is 39.5 Å². The number of hydrogen-bond donors (Lipinski definition) is 2. The minimum atomic E-state index is -4.48. The maximum absolute atomic E-state index is 12.3. The fraction of sp³-hybridized carbons (Fsp3) is 0.350. The molecule has 0 spiro atoms. The molecule has 2 rings (SSSR count). The Morgan fingerprint density at radius 3 is 2.39 bits per heavy atom. The first-order chi connectivity index (χ1) is 14.7. The second-order valence-electron chi connectivity index (χ2n) is 6.07. The van der Waals surface area contributed by atoms with Gasteiger partial charge in [0.1, 0.15) is 12.3 Å². The average Bonchev–Trinajstić information content (AvgIpc) is 3.19. The molecule has 1 heterocycles. The van der Waals surface area contributed by atoms with Crippen molar-refractivity contribution in [3.05, 3.63) is 57.3 Å². The van der Waals surface area contributed by atoms with Crippen molar-refractivity contribution in [3.63, 3.8) is 0 Å². The molecule has 1 aromatic heterocycles. The van der Waals surface area contributed by atoms with Gasteiger partial charge in [0, 0.05) is 21.8 Å². The molecule has 0 radical (unpaired) electrons. The second-order valence-corrected chi connectivity index (χ2v) is 8.51. The molecule has 11 heteroatoms. The summed E-state index contributed by atoms with van der Waals surface area (Å²) >= 11 is 3.29. The Labute approximate surface area is 186 Å². The number of alkyl halides is 3. The quantitative estimate of drug-likeness (QED) is 0.405. The zero-order valence-corrected chi connectivity index (χ0v) is 18.5. The number of amides is 2. The predicted octanol–water partition coefficient (Wildman–Crippen LogP) is 4.79. The number of halogens is 3. The molecule has 2 N–H and O–H groups in total. The summed E-state index contributed by atoms with van der Waals surface area (Å²) in [5.41, 5.74) is 3.45. The first-order valence-corrected chi connectivity index (χ1v) is 11.3. The van der Waals surface area contributed by atoms with Crippen LogP contribution in [0.25, 0.3) is 0 Å². The molecule has 0 aliphatic heterocycles. The van der Waals surface area contributed by atoms with Crippen LogP contribution in [0.3, 0.4) is 0 Å². The normalized spacial score (nSPS) is 11.8. The van der Waals surface area contributed by atoms with E-state index in [0.717, 1.165) is 21.3 Å². The predicted molar refractivity (Wildman–Crippen MR) is 117 cm³/mol. The third kappa shape index (κ3) is 8.25. The number of ether oxygens (including phenoxy) is 1. The van der Waals surface area contributed by atoms with Gasteiger partial charge in [-0.1, -0.05) is 19.1 Å². The van der Waals surface area contributed by atoms with E-state index in [1.165, 1.54) is 23.5 Å². The lowest BCUT2D eigenvalue weighted by molar-refractivity contribution is -0.123. The number of thiophene rings is 1. The highest BCUT2D eigenvalue weighted by Gasteiger charge is 2.27. The van der Waals surface area contributed by atoms with Crippen LogP contribution in [0.15, 0.2) is 41.5 Å². The van der Waals surface area contributed by atoms with E-state index < -0.39 is 24.7 Å². The molecule has 0 saturated carbocycles. The number of carbonyl (C=O) groups excluding carboxylic acids is 2. The highest BCUT2D eigenvalue weighted by Crippen LogP contribution is 2.24. The Hall–Kier alpha value is -2.53. The molecule has 0 fully saturated rings. The van der Waals surface area contributed by atoms with Gasteiger partial charge in [0.05, 0.1) is 11.5 Å². The van der Waals surface area contributed by atoms with Crippen molar-refractivity contribution in [2.24, 2.45) is 5.10 Å². The SMILES string of the molecule is CCOC(=O)NN=C(c1ccc(C(=O)NCC(F)(F)F)cc1)c1ccc(CSCC)s1. The first kappa shape index (κ1) is 24.7. The fourth-order valence-corrected chi connectivity index (χ4v) is 4.18. The molecule has 0 bridgehead atoms. The van der Waals surface area contributed by atoms with E-state index in [1.807, 2.05) is 17.4 Å². The van der Waals surface area contributed by atoms with Crippen molar-refractivity contribution >= 4 is 40.8 Å². The Balaban J connectivity index is 2.25. The lowest BCUT2D eigenvalue weighted by Gasteiger charge is -2.09. The maximum Gasteiger partial charge on any atom is 0.427 e. The Bertz CT molecular complexity index is 912. The van der Waals surface area contributed by atoms with Crippen LogP contribution in [0.5, 0.6) is 0 Å². The van der Waals surface area contributed by atoms with Crippen molar-refractivity contribution in [2.45, 2.75) is 25.8 Å². The number of carbonyl (C=O) groups is 2. The summed E-state index contributed by atoms with van der Waals surface area (Å²) < 4.78 is 41.7. The van der Waals surface area contributed by atoms with Crippen molar-refractivity contribution in [1.82, 2.24) is 10.7 Å². The summed E-state index contributed by atoms with van der Waals surface area (Å²) in [7, 11) is 0. The molecule has 1 aromatic carbocycles. The summed E-state index contributed by atoms with van der Waals surface area (Å²) in [5.74, 6) is 0.996. The molecule has 2 aromatic rings. The van der Waals surface area contributed by atoms with Gasteiger partial charge in [-0.3, -0.25) is 4.79 Å². The standard InChI is InChI=1S/C20H22F3N3O3S2/c1-3-29-19(28)26-25-17(16-10-9-15(31-16)11-30-4-2)13-5-7-14(8-6-13)18(27)24-12-20(21,22)23/h5-10H,3-4,11-12H2,1-2H3,(H,24,27)(H,26,28). The van der Waals surface area contributed by atoms with E-state index in [4.69, 9.17) is 4.74 Å². The average molecular weight is 474 g/mol. The van der Waals surface area contributed by atoms with Gasteiger partial charge < -0.3 is 10.1 Å². The van der Waals surface area contributed by atoms with E-state index in [9.17, 15) is 22.8 Å². The van der Waals surface area contributed by atoms with Crippen molar-refractivity contribution in [3.8, 4) is 0 Å². The topological polar surface area (TPSA) is 79.8 Å². The van der Waals surface area contributed by atoms with Gasteiger partial charge >= 0.3 is 12.3 Å². The van der Waals surface area contributed by atoms with Gasteiger partial charge in [-0.25, -0.2) is 10.2 Å². The lowest BCUT2D eigenvalue weighted by Crippen LogP contribution is -2.33. The minimum absolute atomic E-state index is 0.0805. The number of hydrogen-bond acceptors (Lipinski definition) is 6. The van der Waals surface area contributed by atoms with Gasteiger partial charge in [0.15, 0.2) is 0 Å². The third-order valence-electron chi connectivity index (χ3n) is 3.75. The van der Waals surface area contributed by atoms with Gasteiger partial charge in [-0.05, 0) is 36.9 Å². The maximum atomic E-state index is 12.3. The lowest BCUT2D eigenvalue weighted by atomic mass is 10.1. The van der Waals surface area contributed by atoms with Crippen LogP contribution in [0.2, 0.25) is 0 Å². The minimum Gasteiger partial charge on any atom is -0.449 e. The smallest absolute Gasteiger partial charge is 0.427 e. The Morgan fingerprint density at radius 2 is 1.77 bits per heavy atom. The molecular formula is C20H22F3N3O3S2. The molecule has 0 saturated heterocycles. The summed E-state index contributed by atoms with van der Waals surface area (Å²) in [6, 6.07) is 9.79. The van der Waals surface area contributed by atoms with Crippen LogP contribution in [-0.2, 0) is 10.5 Å². The van der Waals surface area contributed by atoms with E-state index in [0.29, 0.717) is 11.3 Å². The molecule has 31 heavy (non-hydrogen) atoms. The van der Waals surface area contributed by atoms with Gasteiger partial charge in [0.25, 0.3) is 5.91 Å². The number of nitrogens with zero attached hydrogens (tertiary/aromatic N) is 1. The van der Waals surface area contributed by atoms with Crippen molar-refractivity contribution in [2.75, 3.05) is 18.9 Å². The van der Waals surface area contributed by atoms with E-state index in [1.54, 1.807) is 30.8 Å². The molecular weight excluding hydrogens is 451 g/mol. The summed E-state index contributed by atoms with van der Waals surface area (Å²) in [6.45, 7) is 2.53. The van der Waals surface area contributed by atoms with Crippen molar-refractivity contribution < 1.29 is 27.5 Å². The first-order valence-electron chi connectivity index (χ1n) is 9.36. The highest BCUT2D eigenvalue weighted by atomic mass is 32.2. The van der Waals surface area contributed by atoms with Gasteiger partial charge in [-0.2, -0.15) is 30.0 Å². The van der Waals surface area contributed by atoms with E-state index >= 15 is 0 Å². The van der Waals surface area contributed by atoms with Gasteiger partial charge in [0.2, 0.25) is 0 Å². The summed E-state index contributed by atoms with van der Waals surface area (Å²) in [4.78, 5) is 25.5. The zero-order chi connectivity index (χ0) is 22.9. The second kappa shape index (κ2) is 11.8. The van der Waals surface area contributed by atoms with Crippen molar-refractivity contribution in [1.29, 1.82) is 0 Å². The van der Waals surface area contributed by atoms with Crippen LogP contribution in [0.4, 0.5) is 18.0 Å². The number of hydrazone groups is 1. The number of thioether (sulfide) groups is 1. The molecule has 0 aliphatic rings. The largest absolute Gasteiger partial charge is 0.449 e. The fourth-order valence-electron chi connectivity index (χ4n) is 2.37. The molecule has 0 atom stereocenters. The van der Waals surface area contributed by atoms with Crippen LogP contribution < -0.4 is 10.7 Å². The zero-order valence-electron chi connectivity index (χ0n) is 16.9. The highest BCUT2D eigenvalue weighted by molar-refractivity contribution is 7.98. The number of benzene rings is 1. The van der Waals surface area contributed by atoms with Crippen LogP contribution in [0, 0.1) is 0 Å². The van der Waals surface area contributed by atoms with Gasteiger partial charge in [-0.15, -0.1) is 11.3 Å². The van der Waals surface area contributed by atoms with Crippen LogP contribution in [-0.4, -0.2) is 42.8 Å². The third-order valence-corrected chi connectivity index (χ3v) is 5.95. The Kier molecular flexibility index (Phi) is 9.38. The van der Waals surface area contributed by atoms with E-state index in [-0.39, 0.29) is 12.2 Å². The summed E-state index contributed by atoms with van der Waals surface area (Å²) in [6.07, 6.45) is -5.19. The molecule has 2 amide bonds. The van der Waals surface area contributed by atoms with E-state index in [2.05, 4.69) is 17.5 Å². The monoisotopic (exact) mass is 473 g/mol. The molecule has 0 unspecified atom stereocenters. The molecule has 168 valence electrons. The summed E-state index contributed by atoms with van der Waals surface area (Å²) in [5, 5.41) is 5.99. The Morgan fingerprint density at radius 1 is 1.10 bits per heavy atom. The van der Waals surface area contributed by atoms with Crippen LogP contribution >= 0.6 is 23.1 Å². The molecule has 0 aliphatic carbocycles. The number of rotatable bonds is 9. The number of nitrogens with one attached hydrogen (secondary N) is 2. The molecule has 6 nitrogen and oxygen atoms in total.